The molecule has 5 nitrogen and oxygen atoms in total. The van der Waals surface area contributed by atoms with Crippen LogP contribution in [0.15, 0.2) is 54.6 Å². The molecule has 2 aromatic carbocycles. The maximum Gasteiger partial charge on any atom is 0.310 e. The van der Waals surface area contributed by atoms with Gasteiger partial charge >= 0.3 is 5.97 Å². The molecule has 0 N–H and O–H groups in total. The van der Waals surface area contributed by atoms with Crippen LogP contribution in [0, 0.1) is 0 Å². The molecule has 2 aromatic rings. The van der Waals surface area contributed by atoms with E-state index >= 15 is 0 Å². The first kappa shape index (κ1) is 19.5. The van der Waals surface area contributed by atoms with Crippen molar-refractivity contribution in [3.05, 3.63) is 65.7 Å². The molecule has 138 valence electrons. The summed E-state index contributed by atoms with van der Waals surface area (Å²) in [6.45, 7) is 4.10. The van der Waals surface area contributed by atoms with Crippen molar-refractivity contribution in [1.82, 2.24) is 4.90 Å². The van der Waals surface area contributed by atoms with Crippen LogP contribution in [0.2, 0.25) is 0 Å². The van der Waals surface area contributed by atoms with Crippen molar-refractivity contribution in [2.24, 2.45) is 0 Å². The maximum absolute atomic E-state index is 12.1. The highest BCUT2D eigenvalue weighted by atomic mass is 16.5. The summed E-state index contributed by atoms with van der Waals surface area (Å²) in [7, 11) is 1.69. The molecule has 0 aliphatic carbocycles. The molecule has 0 unspecified atom stereocenters. The fourth-order valence-electron chi connectivity index (χ4n) is 2.42. The van der Waals surface area contributed by atoms with E-state index in [0.717, 1.165) is 11.1 Å². The third kappa shape index (κ3) is 6.59. The summed E-state index contributed by atoms with van der Waals surface area (Å²) in [6.07, 6.45) is 0.167. The monoisotopic (exact) mass is 355 g/mol. The van der Waals surface area contributed by atoms with Gasteiger partial charge in [-0.1, -0.05) is 42.5 Å². The molecule has 0 atom stereocenters. The minimum atomic E-state index is -0.437. The van der Waals surface area contributed by atoms with Crippen LogP contribution in [0.25, 0.3) is 0 Å². The van der Waals surface area contributed by atoms with Gasteiger partial charge in [0.05, 0.1) is 12.5 Å². The molecule has 0 saturated heterocycles. The smallest absolute Gasteiger partial charge is 0.310 e. The molecule has 0 saturated carbocycles. The van der Waals surface area contributed by atoms with Gasteiger partial charge in [0.1, 0.15) is 5.75 Å². The van der Waals surface area contributed by atoms with Crippen LogP contribution in [0.3, 0.4) is 0 Å². The Balaban J connectivity index is 1.80. The Bertz CT molecular complexity index is 728. The third-order valence-corrected chi connectivity index (χ3v) is 3.66. The second-order valence-corrected chi connectivity index (χ2v) is 6.39. The largest absolute Gasteiger partial charge is 0.491 e. The van der Waals surface area contributed by atoms with Gasteiger partial charge in [-0.3, -0.25) is 9.59 Å². The SMILES string of the molecule is CC(C)Oc1cccc(CC(=O)OCC(=O)N(C)Cc2ccccc2)c1. The van der Waals surface area contributed by atoms with Gasteiger partial charge < -0.3 is 14.4 Å². The van der Waals surface area contributed by atoms with Crippen molar-refractivity contribution in [3.63, 3.8) is 0 Å². The van der Waals surface area contributed by atoms with Crippen LogP contribution in [0.5, 0.6) is 5.75 Å². The Kier molecular flexibility index (Phi) is 7.21. The van der Waals surface area contributed by atoms with E-state index in [1.165, 1.54) is 0 Å². The topological polar surface area (TPSA) is 55.8 Å². The number of nitrogens with zero attached hydrogens (tertiary/aromatic N) is 1. The lowest BCUT2D eigenvalue weighted by atomic mass is 10.1. The molecule has 2 rings (SSSR count). The van der Waals surface area contributed by atoms with Crippen LogP contribution in [0.1, 0.15) is 25.0 Å². The molecular formula is C21H25NO4. The fourth-order valence-corrected chi connectivity index (χ4v) is 2.42. The highest BCUT2D eigenvalue weighted by molar-refractivity contribution is 5.81. The van der Waals surface area contributed by atoms with Crippen molar-refractivity contribution in [2.45, 2.75) is 32.9 Å². The number of benzene rings is 2. The van der Waals surface area contributed by atoms with Crippen molar-refractivity contribution < 1.29 is 19.1 Å². The van der Waals surface area contributed by atoms with Gasteiger partial charge in [-0.15, -0.1) is 0 Å². The van der Waals surface area contributed by atoms with E-state index in [1.807, 2.05) is 68.4 Å². The normalized spacial score (nSPS) is 10.5. The van der Waals surface area contributed by atoms with Crippen LogP contribution in [0.4, 0.5) is 0 Å². The van der Waals surface area contributed by atoms with E-state index in [9.17, 15) is 9.59 Å². The van der Waals surface area contributed by atoms with Crippen molar-refractivity contribution >= 4 is 11.9 Å². The average Bonchev–Trinajstić information content (AvgIpc) is 2.60. The molecule has 0 spiro atoms. The number of hydrogen-bond donors (Lipinski definition) is 0. The Morgan fingerprint density at radius 2 is 1.69 bits per heavy atom. The van der Waals surface area contributed by atoms with E-state index in [4.69, 9.17) is 9.47 Å². The minimum absolute atomic E-state index is 0.0648. The average molecular weight is 355 g/mol. The summed E-state index contributed by atoms with van der Waals surface area (Å²) in [5, 5.41) is 0. The Labute approximate surface area is 154 Å². The number of hydrogen-bond acceptors (Lipinski definition) is 4. The highest BCUT2D eigenvalue weighted by Crippen LogP contribution is 2.15. The van der Waals surface area contributed by atoms with Gasteiger partial charge in [-0.05, 0) is 37.1 Å². The summed E-state index contributed by atoms with van der Waals surface area (Å²) in [4.78, 5) is 25.6. The zero-order valence-electron chi connectivity index (χ0n) is 15.5. The number of carbonyl (C=O) groups is 2. The van der Waals surface area contributed by atoms with Gasteiger partial charge in [0.25, 0.3) is 5.91 Å². The summed E-state index contributed by atoms with van der Waals surface area (Å²) in [6, 6.07) is 17.0. The summed E-state index contributed by atoms with van der Waals surface area (Å²) in [5.41, 5.74) is 1.81. The first-order valence-corrected chi connectivity index (χ1v) is 8.63. The zero-order valence-corrected chi connectivity index (χ0v) is 15.5. The molecule has 0 heterocycles. The minimum Gasteiger partial charge on any atom is -0.491 e. The maximum atomic E-state index is 12.1. The van der Waals surface area contributed by atoms with Crippen molar-refractivity contribution in [3.8, 4) is 5.75 Å². The number of ether oxygens (including phenoxy) is 2. The van der Waals surface area contributed by atoms with Gasteiger partial charge in [0.2, 0.25) is 0 Å². The lowest BCUT2D eigenvalue weighted by Crippen LogP contribution is -2.31. The molecule has 0 bridgehead atoms. The first-order valence-electron chi connectivity index (χ1n) is 8.63. The Morgan fingerprint density at radius 1 is 1.00 bits per heavy atom. The zero-order chi connectivity index (χ0) is 18.9. The first-order chi connectivity index (χ1) is 12.4. The summed E-state index contributed by atoms with van der Waals surface area (Å²) in [5.74, 6) is 0.0382. The summed E-state index contributed by atoms with van der Waals surface area (Å²) >= 11 is 0. The molecule has 5 heteroatoms. The molecular weight excluding hydrogens is 330 g/mol. The van der Waals surface area contributed by atoms with Crippen LogP contribution >= 0.6 is 0 Å². The number of esters is 1. The van der Waals surface area contributed by atoms with Crippen molar-refractivity contribution in [2.75, 3.05) is 13.7 Å². The fraction of sp³-hybridized carbons (Fsp3) is 0.333. The van der Waals surface area contributed by atoms with Crippen molar-refractivity contribution in [1.29, 1.82) is 0 Å². The standard InChI is InChI=1S/C21H25NO4/c1-16(2)26-19-11-7-10-18(12-19)13-21(24)25-15-20(23)22(3)14-17-8-5-4-6-9-17/h4-12,16H,13-15H2,1-3H3. The molecule has 1 amide bonds. The number of likely N-dealkylation sites (N-methyl/N-ethyl adjacent to an activating group) is 1. The van der Waals surface area contributed by atoms with E-state index in [2.05, 4.69) is 0 Å². The quantitative estimate of drug-likeness (QED) is 0.682. The molecule has 0 aliphatic rings. The van der Waals surface area contributed by atoms with Crippen LogP contribution in [-0.4, -0.2) is 36.5 Å². The molecule has 0 fully saturated rings. The van der Waals surface area contributed by atoms with E-state index in [0.29, 0.717) is 12.3 Å². The predicted molar refractivity (Wildman–Crippen MR) is 99.8 cm³/mol. The lowest BCUT2D eigenvalue weighted by Gasteiger charge is -2.17. The van der Waals surface area contributed by atoms with Gasteiger partial charge in [0.15, 0.2) is 6.61 Å². The van der Waals surface area contributed by atoms with Crippen LogP contribution in [-0.2, 0) is 27.3 Å². The van der Waals surface area contributed by atoms with Gasteiger partial charge in [-0.2, -0.15) is 0 Å². The van der Waals surface area contributed by atoms with Gasteiger partial charge in [-0.25, -0.2) is 0 Å². The predicted octanol–water partition coefficient (Wildman–Crippen LogP) is 3.22. The second-order valence-electron chi connectivity index (χ2n) is 6.39. The van der Waals surface area contributed by atoms with E-state index in [-0.39, 0.29) is 25.0 Å². The number of amides is 1. The number of rotatable bonds is 8. The molecule has 26 heavy (non-hydrogen) atoms. The second kappa shape index (κ2) is 9.61. The van der Waals surface area contributed by atoms with E-state index < -0.39 is 5.97 Å². The summed E-state index contributed by atoms with van der Waals surface area (Å²) < 4.78 is 10.7. The lowest BCUT2D eigenvalue weighted by molar-refractivity contribution is -0.151. The number of carbonyl (C=O) groups excluding carboxylic acids is 2. The molecule has 0 aliphatic heterocycles. The Morgan fingerprint density at radius 3 is 2.38 bits per heavy atom. The molecule has 0 radical (unpaired) electrons. The molecule has 0 aromatic heterocycles. The van der Waals surface area contributed by atoms with E-state index in [1.54, 1.807) is 11.9 Å². The Hall–Kier alpha value is -2.82. The van der Waals surface area contributed by atoms with Gasteiger partial charge in [0, 0.05) is 13.6 Å². The highest BCUT2D eigenvalue weighted by Gasteiger charge is 2.13. The third-order valence-electron chi connectivity index (χ3n) is 3.66. The van der Waals surface area contributed by atoms with Crippen LogP contribution < -0.4 is 4.74 Å².